The molecule has 2 unspecified atom stereocenters. The lowest BCUT2D eigenvalue weighted by Gasteiger charge is -2.35. The molecule has 2 heterocycles. The summed E-state index contributed by atoms with van der Waals surface area (Å²) in [6, 6.07) is 3.70. The van der Waals surface area contributed by atoms with Crippen LogP contribution in [0.5, 0.6) is 0 Å². The van der Waals surface area contributed by atoms with Crippen LogP contribution in [0.3, 0.4) is 0 Å². The minimum atomic E-state index is -0.544. The fourth-order valence-corrected chi connectivity index (χ4v) is 3.85. The van der Waals surface area contributed by atoms with E-state index in [0.717, 1.165) is 31.6 Å². The second kappa shape index (κ2) is 11.6. The Bertz CT molecular complexity index is 851. The summed E-state index contributed by atoms with van der Waals surface area (Å²) in [6.07, 6.45) is 5.97. The predicted octanol–water partition coefficient (Wildman–Crippen LogP) is 2.75. The maximum Gasteiger partial charge on any atom is 0.191 e. The molecule has 2 atom stereocenters. The molecule has 0 aliphatic carbocycles. The van der Waals surface area contributed by atoms with Crippen LogP contribution in [-0.4, -0.2) is 67.5 Å². The highest BCUT2D eigenvalue weighted by atomic mass is 127. The molecule has 2 aromatic rings. The number of aryl methyl sites for hydroxylation is 1. The second-order valence-electron chi connectivity index (χ2n) is 7.87. The third kappa shape index (κ3) is 6.52. The van der Waals surface area contributed by atoms with E-state index in [1.165, 1.54) is 18.2 Å². The zero-order valence-electron chi connectivity index (χ0n) is 18.5. The van der Waals surface area contributed by atoms with Crippen molar-refractivity contribution in [2.45, 2.75) is 24.9 Å². The highest BCUT2D eigenvalue weighted by Crippen LogP contribution is 2.24. The van der Waals surface area contributed by atoms with Crippen molar-refractivity contribution in [1.82, 2.24) is 25.3 Å². The first-order chi connectivity index (χ1) is 14.4. The van der Waals surface area contributed by atoms with Gasteiger partial charge in [-0.25, -0.2) is 8.78 Å². The third-order valence-corrected chi connectivity index (χ3v) is 5.46. The molecule has 7 nitrogen and oxygen atoms in total. The monoisotopic (exact) mass is 547 g/mol. The Kier molecular flexibility index (Phi) is 9.48. The summed E-state index contributed by atoms with van der Waals surface area (Å²) in [4.78, 5) is 8.41. The van der Waals surface area contributed by atoms with Gasteiger partial charge in [0.1, 0.15) is 11.6 Å². The summed E-state index contributed by atoms with van der Waals surface area (Å²) in [5, 5.41) is 10.9. The zero-order chi connectivity index (χ0) is 21.7. The summed E-state index contributed by atoms with van der Waals surface area (Å²) in [7, 11) is 7.22. The van der Waals surface area contributed by atoms with Crippen molar-refractivity contribution in [3.63, 3.8) is 0 Å². The molecule has 0 spiro atoms. The lowest BCUT2D eigenvalue weighted by atomic mass is 10.0. The number of piperidine rings is 1. The number of guanidine groups is 1. The average Bonchev–Trinajstić information content (AvgIpc) is 3.15. The first-order valence-electron chi connectivity index (χ1n) is 10.2. The Morgan fingerprint density at radius 1 is 1.32 bits per heavy atom. The number of hydrogen-bond acceptors (Lipinski definition) is 4. The number of nitrogens with one attached hydrogen (secondary N) is 2. The van der Waals surface area contributed by atoms with Gasteiger partial charge in [0.2, 0.25) is 0 Å². The highest BCUT2D eigenvalue weighted by molar-refractivity contribution is 14.0. The van der Waals surface area contributed by atoms with Gasteiger partial charge in [0.15, 0.2) is 5.96 Å². The fraction of sp³-hybridized carbons (Fsp3) is 0.524. The van der Waals surface area contributed by atoms with E-state index in [1.54, 1.807) is 30.7 Å². The van der Waals surface area contributed by atoms with Gasteiger partial charge in [0.05, 0.1) is 17.9 Å². The number of aromatic nitrogens is 2. The van der Waals surface area contributed by atoms with Crippen LogP contribution < -0.4 is 15.5 Å². The number of halogens is 3. The maximum absolute atomic E-state index is 14.3. The van der Waals surface area contributed by atoms with Gasteiger partial charge in [0, 0.05) is 51.5 Å². The smallest absolute Gasteiger partial charge is 0.191 e. The van der Waals surface area contributed by atoms with Crippen LogP contribution in [-0.2, 0) is 7.05 Å². The second-order valence-corrected chi connectivity index (χ2v) is 7.87. The molecule has 0 bridgehead atoms. The first kappa shape index (κ1) is 25.3. The van der Waals surface area contributed by atoms with Crippen LogP contribution in [0.4, 0.5) is 14.5 Å². The van der Waals surface area contributed by atoms with E-state index in [4.69, 9.17) is 0 Å². The minimum Gasteiger partial charge on any atom is -0.367 e. The standard InChI is InChI=1S/C21H31F2N7.HI/c1-24-21(25-12-19(28(2)3)20-17(22)8-5-9-18(20)23)27-15-7-6-10-30(13-15)16-11-26-29(4)14-16;/h5,8-9,11,14-15,19H,6-7,10,12-13H2,1-4H3,(H2,24,25,27);1H. The van der Waals surface area contributed by atoms with Crippen LogP contribution in [0.15, 0.2) is 35.6 Å². The van der Waals surface area contributed by atoms with Gasteiger partial charge in [-0.2, -0.15) is 5.10 Å². The fourth-order valence-electron chi connectivity index (χ4n) is 3.85. The Hall–Kier alpha value is -1.95. The molecule has 0 saturated carbocycles. The Labute approximate surface area is 199 Å². The molecule has 1 fully saturated rings. The molecule has 10 heteroatoms. The number of nitrogens with zero attached hydrogens (tertiary/aromatic N) is 5. The normalized spacial score (nSPS) is 18.0. The molecule has 31 heavy (non-hydrogen) atoms. The largest absolute Gasteiger partial charge is 0.367 e. The quantitative estimate of drug-likeness (QED) is 0.331. The predicted molar refractivity (Wildman–Crippen MR) is 131 cm³/mol. The summed E-state index contributed by atoms with van der Waals surface area (Å²) >= 11 is 0. The van der Waals surface area contributed by atoms with Crippen LogP contribution >= 0.6 is 24.0 Å². The van der Waals surface area contributed by atoms with E-state index >= 15 is 0 Å². The van der Waals surface area contributed by atoms with E-state index in [-0.39, 0.29) is 35.6 Å². The van der Waals surface area contributed by atoms with Crippen LogP contribution in [0, 0.1) is 11.6 Å². The van der Waals surface area contributed by atoms with Crippen LogP contribution in [0.1, 0.15) is 24.4 Å². The van der Waals surface area contributed by atoms with Crippen molar-refractivity contribution in [3.8, 4) is 0 Å². The van der Waals surface area contributed by atoms with Crippen molar-refractivity contribution in [3.05, 3.63) is 47.8 Å². The molecule has 1 aromatic heterocycles. The van der Waals surface area contributed by atoms with E-state index in [9.17, 15) is 8.78 Å². The lowest BCUT2D eigenvalue weighted by molar-refractivity contribution is 0.282. The molecule has 1 aliphatic rings. The molecule has 3 rings (SSSR count). The number of rotatable bonds is 6. The van der Waals surface area contributed by atoms with Crippen molar-refractivity contribution in [2.24, 2.45) is 12.0 Å². The average molecular weight is 547 g/mol. The van der Waals surface area contributed by atoms with Crippen LogP contribution in [0.2, 0.25) is 0 Å². The van der Waals surface area contributed by atoms with Gasteiger partial charge >= 0.3 is 0 Å². The van der Waals surface area contributed by atoms with Crippen molar-refractivity contribution in [1.29, 1.82) is 0 Å². The zero-order valence-corrected chi connectivity index (χ0v) is 20.8. The van der Waals surface area contributed by atoms with E-state index in [0.29, 0.717) is 12.5 Å². The minimum absolute atomic E-state index is 0. The SMILES string of the molecule is CN=C(NCC(c1c(F)cccc1F)N(C)C)NC1CCCN(c2cnn(C)c2)C1.I. The molecular formula is C21H32F2IN7. The molecular weight excluding hydrogens is 515 g/mol. The summed E-state index contributed by atoms with van der Waals surface area (Å²) in [6.45, 7) is 2.15. The van der Waals surface area contributed by atoms with Crippen molar-refractivity contribution in [2.75, 3.05) is 45.7 Å². The van der Waals surface area contributed by atoms with Gasteiger partial charge in [-0.15, -0.1) is 24.0 Å². The number of likely N-dealkylation sites (N-methyl/N-ethyl adjacent to an activating group) is 1. The Morgan fingerprint density at radius 2 is 2.03 bits per heavy atom. The van der Waals surface area contributed by atoms with Gasteiger partial charge < -0.3 is 20.4 Å². The van der Waals surface area contributed by atoms with Gasteiger partial charge in [-0.3, -0.25) is 9.67 Å². The van der Waals surface area contributed by atoms with Crippen molar-refractivity contribution < 1.29 is 8.78 Å². The summed E-state index contributed by atoms with van der Waals surface area (Å²) < 4.78 is 30.4. The third-order valence-electron chi connectivity index (χ3n) is 5.46. The number of anilines is 1. The van der Waals surface area contributed by atoms with Crippen LogP contribution in [0.25, 0.3) is 0 Å². The highest BCUT2D eigenvalue weighted by Gasteiger charge is 2.24. The number of aliphatic imine (C=N–C) groups is 1. The molecule has 0 amide bonds. The Morgan fingerprint density at radius 3 is 2.61 bits per heavy atom. The number of benzene rings is 1. The van der Waals surface area contributed by atoms with E-state index in [2.05, 4.69) is 25.6 Å². The molecule has 2 N–H and O–H groups in total. The first-order valence-corrected chi connectivity index (χ1v) is 10.2. The van der Waals surface area contributed by atoms with Crippen molar-refractivity contribution >= 4 is 35.6 Å². The molecule has 1 aliphatic heterocycles. The summed E-state index contributed by atoms with van der Waals surface area (Å²) in [5.74, 6) is -0.465. The topological polar surface area (TPSA) is 60.7 Å². The van der Waals surface area contributed by atoms with Gasteiger partial charge in [-0.1, -0.05) is 6.07 Å². The number of hydrogen-bond donors (Lipinski definition) is 2. The van der Waals surface area contributed by atoms with E-state index in [1.807, 2.05) is 19.4 Å². The molecule has 0 radical (unpaired) electrons. The van der Waals surface area contributed by atoms with Gasteiger partial charge in [0.25, 0.3) is 0 Å². The molecule has 172 valence electrons. The lowest BCUT2D eigenvalue weighted by Crippen LogP contribution is -2.52. The maximum atomic E-state index is 14.3. The summed E-state index contributed by atoms with van der Waals surface area (Å²) in [5.41, 5.74) is 1.17. The van der Waals surface area contributed by atoms with E-state index < -0.39 is 17.7 Å². The Balaban J connectivity index is 0.00000341. The molecule has 1 aromatic carbocycles. The van der Waals surface area contributed by atoms with Gasteiger partial charge in [-0.05, 0) is 39.1 Å². The molecule has 1 saturated heterocycles.